The van der Waals surface area contributed by atoms with Crippen LogP contribution in [0.4, 0.5) is 4.39 Å². The van der Waals surface area contributed by atoms with E-state index in [4.69, 9.17) is 21.1 Å². The highest BCUT2D eigenvalue weighted by Gasteiger charge is 2.42. The van der Waals surface area contributed by atoms with E-state index in [0.29, 0.717) is 31.3 Å². The first kappa shape index (κ1) is 31.1. The van der Waals surface area contributed by atoms with Crippen molar-refractivity contribution < 1.29 is 18.7 Å². The van der Waals surface area contributed by atoms with Crippen molar-refractivity contribution in [3.8, 4) is 11.5 Å². The average Bonchev–Trinajstić information content (AvgIpc) is 3.46. The van der Waals surface area contributed by atoms with Crippen LogP contribution in [0.5, 0.6) is 11.5 Å². The highest BCUT2D eigenvalue weighted by molar-refractivity contribution is 6.31. The number of amides is 1. The van der Waals surface area contributed by atoms with Gasteiger partial charge in [-0.05, 0) is 115 Å². The monoisotopic (exact) mass is 599 g/mol. The van der Waals surface area contributed by atoms with Crippen LogP contribution in [0.2, 0.25) is 5.02 Å². The summed E-state index contributed by atoms with van der Waals surface area (Å²) in [6.07, 6.45) is 8.30. The lowest BCUT2D eigenvalue weighted by molar-refractivity contribution is -0.129. The first-order valence-corrected chi connectivity index (χ1v) is 16.4. The van der Waals surface area contributed by atoms with Gasteiger partial charge in [0.2, 0.25) is 5.91 Å². The standard InChI is InChI=1S/C34H47ClFN3O3/c1-3-41-31-12-11-26(23-32(31)42-4-2)34(15-21-37-19-13-27(14-20-37)38-17-6-5-7-18-38)16-22-39(25-34)33(40)24-28-29(35)9-8-10-30(28)36/h8-12,23,27H,3-7,13-22,24-25H2,1-2H3. The topological polar surface area (TPSA) is 45.2 Å². The van der Waals surface area contributed by atoms with E-state index >= 15 is 0 Å². The van der Waals surface area contributed by atoms with Crippen molar-refractivity contribution in [2.75, 3.05) is 59.0 Å². The van der Waals surface area contributed by atoms with Gasteiger partial charge in [0.25, 0.3) is 0 Å². The highest BCUT2D eigenvalue weighted by Crippen LogP contribution is 2.42. The third-order valence-electron chi connectivity index (χ3n) is 9.62. The molecule has 42 heavy (non-hydrogen) atoms. The molecule has 0 spiro atoms. The summed E-state index contributed by atoms with van der Waals surface area (Å²) < 4.78 is 26.4. The fourth-order valence-corrected chi connectivity index (χ4v) is 7.41. The van der Waals surface area contributed by atoms with E-state index in [1.54, 1.807) is 12.1 Å². The van der Waals surface area contributed by atoms with Gasteiger partial charge in [0, 0.05) is 35.1 Å². The Hall–Kier alpha value is -2.35. The summed E-state index contributed by atoms with van der Waals surface area (Å²) in [5, 5.41) is 0.301. The Labute approximate surface area is 256 Å². The maximum Gasteiger partial charge on any atom is 0.227 e. The van der Waals surface area contributed by atoms with Gasteiger partial charge < -0.3 is 24.2 Å². The molecule has 3 aliphatic rings. The molecule has 0 aliphatic carbocycles. The van der Waals surface area contributed by atoms with E-state index in [9.17, 15) is 9.18 Å². The summed E-state index contributed by atoms with van der Waals surface area (Å²) in [5.41, 5.74) is 1.24. The van der Waals surface area contributed by atoms with Crippen molar-refractivity contribution in [3.63, 3.8) is 0 Å². The quantitative estimate of drug-likeness (QED) is 0.302. The van der Waals surface area contributed by atoms with Gasteiger partial charge >= 0.3 is 0 Å². The van der Waals surface area contributed by atoms with Crippen molar-refractivity contribution in [2.45, 2.75) is 76.7 Å². The number of likely N-dealkylation sites (tertiary alicyclic amines) is 3. The molecule has 0 N–H and O–H groups in total. The zero-order chi connectivity index (χ0) is 29.5. The molecule has 1 unspecified atom stereocenters. The summed E-state index contributed by atoms with van der Waals surface area (Å²) in [5.74, 6) is 0.990. The molecule has 2 aromatic rings. The molecule has 0 bridgehead atoms. The lowest BCUT2D eigenvalue weighted by Crippen LogP contribution is -2.47. The summed E-state index contributed by atoms with van der Waals surface area (Å²) in [6, 6.07) is 11.6. The molecule has 3 aliphatic heterocycles. The second kappa shape index (κ2) is 14.4. The Morgan fingerprint density at radius 3 is 2.43 bits per heavy atom. The van der Waals surface area contributed by atoms with E-state index in [-0.39, 0.29) is 23.3 Å². The number of benzene rings is 2. The van der Waals surface area contributed by atoms with Crippen molar-refractivity contribution in [2.24, 2.45) is 0 Å². The molecule has 0 radical (unpaired) electrons. The largest absolute Gasteiger partial charge is 0.490 e. The average molecular weight is 600 g/mol. The number of piperidine rings is 2. The second-order valence-corrected chi connectivity index (χ2v) is 12.6. The normalized spacial score (nSPS) is 22.4. The summed E-state index contributed by atoms with van der Waals surface area (Å²) in [4.78, 5) is 20.7. The molecular formula is C34H47ClFN3O3. The molecule has 1 atom stereocenters. The zero-order valence-corrected chi connectivity index (χ0v) is 26.1. The van der Waals surface area contributed by atoms with Crippen LogP contribution in [0, 0.1) is 5.82 Å². The molecule has 0 saturated carbocycles. The van der Waals surface area contributed by atoms with Gasteiger partial charge in [0.15, 0.2) is 11.5 Å². The maximum atomic E-state index is 14.5. The van der Waals surface area contributed by atoms with Crippen LogP contribution < -0.4 is 9.47 Å². The molecule has 5 rings (SSSR count). The number of ether oxygens (including phenoxy) is 2. The number of rotatable bonds is 11. The highest BCUT2D eigenvalue weighted by atomic mass is 35.5. The SMILES string of the molecule is CCOc1ccc(C2(CCN3CCC(N4CCCCC4)CC3)CCN(C(=O)Cc3c(F)cccc3Cl)C2)cc1OCC. The lowest BCUT2D eigenvalue weighted by Gasteiger charge is -2.41. The first-order valence-electron chi connectivity index (χ1n) is 16.0. The van der Waals surface area contributed by atoms with Crippen LogP contribution in [0.15, 0.2) is 36.4 Å². The molecule has 1 amide bonds. The number of carbonyl (C=O) groups excluding carboxylic acids is 1. The Bertz CT molecular complexity index is 1180. The molecule has 0 aromatic heterocycles. The number of hydrogen-bond acceptors (Lipinski definition) is 5. The van der Waals surface area contributed by atoms with Gasteiger partial charge in [0.1, 0.15) is 5.82 Å². The molecule has 2 aromatic carbocycles. The summed E-state index contributed by atoms with van der Waals surface area (Å²) in [7, 11) is 0. The molecular weight excluding hydrogens is 553 g/mol. The number of hydrogen-bond donors (Lipinski definition) is 0. The van der Waals surface area contributed by atoms with Crippen LogP contribution in [0.25, 0.3) is 0 Å². The Kier molecular flexibility index (Phi) is 10.7. The van der Waals surface area contributed by atoms with Crippen molar-refractivity contribution >= 4 is 17.5 Å². The van der Waals surface area contributed by atoms with Crippen LogP contribution in [0.3, 0.4) is 0 Å². The Morgan fingerprint density at radius 2 is 1.71 bits per heavy atom. The van der Waals surface area contributed by atoms with E-state index in [1.807, 2.05) is 24.8 Å². The molecule has 8 heteroatoms. The predicted octanol–water partition coefficient (Wildman–Crippen LogP) is 6.33. The fourth-order valence-electron chi connectivity index (χ4n) is 7.18. The third kappa shape index (κ3) is 7.23. The van der Waals surface area contributed by atoms with Crippen LogP contribution >= 0.6 is 11.6 Å². The molecule has 3 heterocycles. The number of nitrogens with zero attached hydrogens (tertiary/aromatic N) is 3. The van der Waals surface area contributed by atoms with E-state index < -0.39 is 5.82 Å². The van der Waals surface area contributed by atoms with Crippen molar-refractivity contribution in [1.82, 2.24) is 14.7 Å². The lowest BCUT2D eigenvalue weighted by atomic mass is 9.76. The number of carbonyl (C=O) groups is 1. The predicted molar refractivity (Wildman–Crippen MR) is 166 cm³/mol. The Morgan fingerprint density at radius 1 is 0.976 bits per heavy atom. The minimum Gasteiger partial charge on any atom is -0.490 e. The van der Waals surface area contributed by atoms with E-state index in [1.165, 1.54) is 56.8 Å². The third-order valence-corrected chi connectivity index (χ3v) is 9.98. The fraction of sp³-hybridized carbons (Fsp3) is 0.618. The first-order chi connectivity index (χ1) is 20.4. The van der Waals surface area contributed by atoms with Gasteiger partial charge in [-0.2, -0.15) is 0 Å². The van der Waals surface area contributed by atoms with E-state index in [2.05, 4.69) is 21.9 Å². The summed E-state index contributed by atoms with van der Waals surface area (Å²) in [6.45, 7) is 12.1. The number of halogens is 2. The van der Waals surface area contributed by atoms with Gasteiger partial charge in [-0.15, -0.1) is 0 Å². The van der Waals surface area contributed by atoms with Gasteiger partial charge in [0.05, 0.1) is 19.6 Å². The minimum absolute atomic E-state index is 0.0287. The van der Waals surface area contributed by atoms with Gasteiger partial charge in [-0.1, -0.05) is 30.2 Å². The maximum absolute atomic E-state index is 14.5. The summed E-state index contributed by atoms with van der Waals surface area (Å²) >= 11 is 6.27. The van der Waals surface area contributed by atoms with Crippen LogP contribution in [-0.4, -0.2) is 85.7 Å². The molecule has 6 nitrogen and oxygen atoms in total. The molecule has 3 fully saturated rings. The second-order valence-electron chi connectivity index (χ2n) is 12.2. The Balaban J connectivity index is 1.32. The van der Waals surface area contributed by atoms with Gasteiger partial charge in [-0.3, -0.25) is 4.79 Å². The van der Waals surface area contributed by atoms with Crippen molar-refractivity contribution in [1.29, 1.82) is 0 Å². The smallest absolute Gasteiger partial charge is 0.227 e. The minimum atomic E-state index is -0.429. The molecule has 3 saturated heterocycles. The van der Waals surface area contributed by atoms with Gasteiger partial charge in [-0.25, -0.2) is 4.39 Å². The van der Waals surface area contributed by atoms with Crippen LogP contribution in [0.1, 0.15) is 69.9 Å². The zero-order valence-electron chi connectivity index (χ0n) is 25.4. The van der Waals surface area contributed by atoms with Crippen LogP contribution in [-0.2, 0) is 16.6 Å². The van der Waals surface area contributed by atoms with Crippen molar-refractivity contribution in [3.05, 3.63) is 58.4 Å². The molecule has 230 valence electrons. The van der Waals surface area contributed by atoms with E-state index in [0.717, 1.165) is 50.0 Å².